The second-order valence-electron chi connectivity index (χ2n) is 9.95. The zero-order chi connectivity index (χ0) is 23.2. The largest absolute Gasteiger partial charge is 0.459 e. The monoisotopic (exact) mass is 431 g/mol. The van der Waals surface area contributed by atoms with Crippen molar-refractivity contribution in [2.75, 3.05) is 0 Å². The van der Waals surface area contributed by atoms with Crippen molar-refractivity contribution in [1.82, 2.24) is 10.2 Å². The topological polar surface area (TPSA) is 84.7 Å². The number of nitrogens with one attached hydrogen (secondary N) is 1. The molecular formula is C25H41N3O3. The summed E-state index contributed by atoms with van der Waals surface area (Å²) in [6.45, 7) is 12.1. The van der Waals surface area contributed by atoms with Crippen molar-refractivity contribution in [3.63, 3.8) is 0 Å². The van der Waals surface area contributed by atoms with Gasteiger partial charge in [0.25, 0.3) is 0 Å². The first kappa shape index (κ1) is 25.3. The number of esters is 1. The lowest BCUT2D eigenvalue weighted by molar-refractivity contribution is -0.161. The Balaban J connectivity index is 2.28. The fourth-order valence-electron chi connectivity index (χ4n) is 4.65. The number of hydrogen-bond donors (Lipinski definition) is 2. The number of ether oxygens (including phenoxy) is 1. The van der Waals surface area contributed by atoms with Crippen molar-refractivity contribution in [2.45, 2.75) is 104 Å². The van der Waals surface area contributed by atoms with Gasteiger partial charge >= 0.3 is 5.97 Å². The molecule has 2 unspecified atom stereocenters. The van der Waals surface area contributed by atoms with Crippen LogP contribution in [-0.4, -0.2) is 46.5 Å². The van der Waals surface area contributed by atoms with E-state index in [4.69, 9.17) is 10.5 Å². The maximum atomic E-state index is 13.1. The summed E-state index contributed by atoms with van der Waals surface area (Å²) < 4.78 is 5.75. The lowest BCUT2D eigenvalue weighted by atomic mass is 9.87. The Hall–Kier alpha value is -1.92. The summed E-state index contributed by atoms with van der Waals surface area (Å²) in [5.74, 6) is 0.0704. The summed E-state index contributed by atoms with van der Waals surface area (Å²) in [4.78, 5) is 26.9. The molecule has 1 aromatic rings. The van der Waals surface area contributed by atoms with Crippen molar-refractivity contribution < 1.29 is 14.3 Å². The van der Waals surface area contributed by atoms with Gasteiger partial charge in [-0.25, -0.2) is 0 Å². The summed E-state index contributed by atoms with van der Waals surface area (Å²) in [5, 5.41) is 3.06. The molecule has 0 aliphatic carbocycles. The average molecular weight is 432 g/mol. The van der Waals surface area contributed by atoms with Crippen LogP contribution in [0.4, 0.5) is 0 Å². The lowest BCUT2D eigenvalue weighted by Gasteiger charge is -2.35. The van der Waals surface area contributed by atoms with Crippen LogP contribution in [0.25, 0.3) is 0 Å². The number of rotatable bonds is 9. The number of carbonyl (C=O) groups is 2. The predicted molar refractivity (Wildman–Crippen MR) is 124 cm³/mol. The molecule has 0 radical (unpaired) electrons. The summed E-state index contributed by atoms with van der Waals surface area (Å²) in [5.41, 5.74) is 7.23. The van der Waals surface area contributed by atoms with E-state index in [2.05, 4.69) is 36.2 Å². The van der Waals surface area contributed by atoms with E-state index in [-0.39, 0.29) is 36.0 Å². The van der Waals surface area contributed by atoms with E-state index in [0.717, 1.165) is 24.8 Å². The van der Waals surface area contributed by atoms with Gasteiger partial charge in [0.1, 0.15) is 11.6 Å². The van der Waals surface area contributed by atoms with Gasteiger partial charge in [-0.15, -0.1) is 0 Å². The maximum Gasteiger partial charge on any atom is 0.323 e. The molecule has 1 aliphatic heterocycles. The summed E-state index contributed by atoms with van der Waals surface area (Å²) >= 11 is 0. The van der Waals surface area contributed by atoms with Gasteiger partial charge in [0.05, 0.1) is 0 Å². The van der Waals surface area contributed by atoms with E-state index in [9.17, 15) is 9.59 Å². The normalized spacial score (nSPS) is 23.9. The highest BCUT2D eigenvalue weighted by Crippen LogP contribution is 2.33. The number of hydrogen-bond acceptors (Lipinski definition) is 5. The molecule has 0 bridgehead atoms. The smallest absolute Gasteiger partial charge is 0.323 e. The first-order valence-corrected chi connectivity index (χ1v) is 11.6. The zero-order valence-corrected chi connectivity index (χ0v) is 20.1. The minimum atomic E-state index is -0.539. The third-order valence-electron chi connectivity index (χ3n) is 6.04. The third-order valence-corrected chi connectivity index (χ3v) is 6.04. The molecule has 174 valence electrons. The number of nitrogens with zero attached hydrogens (tertiary/aromatic N) is 1. The van der Waals surface area contributed by atoms with Crippen molar-refractivity contribution in [3.8, 4) is 0 Å². The molecule has 3 N–H and O–H groups in total. The van der Waals surface area contributed by atoms with Crippen LogP contribution in [0, 0.1) is 5.92 Å². The van der Waals surface area contributed by atoms with E-state index >= 15 is 0 Å². The molecule has 6 heteroatoms. The highest BCUT2D eigenvalue weighted by Gasteiger charge is 2.45. The molecule has 1 heterocycles. The van der Waals surface area contributed by atoms with E-state index in [1.54, 1.807) is 6.92 Å². The van der Waals surface area contributed by atoms with Gasteiger partial charge in [0.15, 0.2) is 0 Å². The second kappa shape index (κ2) is 11.1. The molecule has 0 aromatic heterocycles. The van der Waals surface area contributed by atoms with Gasteiger partial charge in [-0.3, -0.25) is 14.5 Å². The number of carbonyl (C=O) groups excluding carboxylic acids is 2. The number of benzene rings is 1. The highest BCUT2D eigenvalue weighted by atomic mass is 16.6. The Morgan fingerprint density at radius 1 is 1.26 bits per heavy atom. The van der Waals surface area contributed by atoms with Crippen molar-refractivity contribution >= 4 is 11.9 Å². The minimum Gasteiger partial charge on any atom is -0.459 e. The van der Waals surface area contributed by atoms with E-state index in [1.807, 2.05) is 39.0 Å². The van der Waals surface area contributed by atoms with Gasteiger partial charge in [0.2, 0.25) is 5.91 Å². The molecule has 1 aliphatic rings. The summed E-state index contributed by atoms with van der Waals surface area (Å²) in [6.07, 6.45) is 3.45. The zero-order valence-electron chi connectivity index (χ0n) is 20.1. The van der Waals surface area contributed by atoms with Crippen LogP contribution in [-0.2, 0) is 20.9 Å². The van der Waals surface area contributed by atoms with Gasteiger partial charge in [-0.1, -0.05) is 43.7 Å². The third kappa shape index (κ3) is 7.62. The van der Waals surface area contributed by atoms with Crippen molar-refractivity contribution in [2.24, 2.45) is 11.7 Å². The fourth-order valence-corrected chi connectivity index (χ4v) is 4.65. The van der Waals surface area contributed by atoms with Gasteiger partial charge in [-0.05, 0) is 58.4 Å². The van der Waals surface area contributed by atoms with Crippen LogP contribution in [0.3, 0.4) is 0 Å². The van der Waals surface area contributed by atoms with Gasteiger partial charge in [0, 0.05) is 31.6 Å². The summed E-state index contributed by atoms with van der Waals surface area (Å²) in [6, 6.07) is 9.81. The van der Waals surface area contributed by atoms with Gasteiger partial charge < -0.3 is 15.8 Å². The molecule has 1 fully saturated rings. The quantitative estimate of drug-likeness (QED) is 0.583. The molecule has 31 heavy (non-hydrogen) atoms. The van der Waals surface area contributed by atoms with E-state index < -0.39 is 5.60 Å². The highest BCUT2D eigenvalue weighted by molar-refractivity contribution is 5.77. The standard InChI is InChI=1S/C25H41N3O3/c1-7-11-20(17(2)27-18(3)29)14-22-21(26)15-23(24(30)31-25(4,5)6)28(22)16-19-12-9-8-10-13-19/h8-10,12-13,17,20-23H,7,11,14-16,26H2,1-6H3,(H,27,29)/t17?,20?,21-,22+,23-/m1/s1. The predicted octanol–water partition coefficient (Wildman–Crippen LogP) is 3.63. The molecule has 1 saturated heterocycles. The second-order valence-corrected chi connectivity index (χ2v) is 9.95. The van der Waals surface area contributed by atoms with Crippen LogP contribution in [0.2, 0.25) is 0 Å². The Labute approximate surface area is 187 Å². The average Bonchev–Trinajstić information content (AvgIpc) is 2.96. The maximum absolute atomic E-state index is 13.1. The van der Waals surface area contributed by atoms with Crippen molar-refractivity contribution in [3.05, 3.63) is 35.9 Å². The SMILES string of the molecule is CCCC(C[C@H]1[C@H](N)C[C@H](C(=O)OC(C)(C)C)N1Cc1ccccc1)C(C)NC(C)=O. The van der Waals surface area contributed by atoms with E-state index in [1.165, 1.54) is 0 Å². The van der Waals surface area contributed by atoms with Crippen LogP contribution in [0.1, 0.15) is 72.8 Å². The molecule has 0 spiro atoms. The molecule has 0 saturated carbocycles. The fraction of sp³-hybridized carbons (Fsp3) is 0.680. The molecular weight excluding hydrogens is 390 g/mol. The first-order valence-electron chi connectivity index (χ1n) is 11.6. The molecule has 1 amide bonds. The number of likely N-dealkylation sites (tertiary alicyclic amines) is 1. The van der Waals surface area contributed by atoms with Crippen LogP contribution < -0.4 is 11.1 Å². The Morgan fingerprint density at radius 3 is 2.45 bits per heavy atom. The van der Waals surface area contributed by atoms with Crippen LogP contribution in [0.15, 0.2) is 30.3 Å². The first-order chi connectivity index (χ1) is 14.5. The molecule has 6 nitrogen and oxygen atoms in total. The molecule has 2 rings (SSSR count). The number of nitrogens with two attached hydrogens (primary N) is 1. The molecule has 5 atom stereocenters. The van der Waals surface area contributed by atoms with Crippen LogP contribution >= 0.6 is 0 Å². The Kier molecular flexibility index (Phi) is 9.07. The minimum absolute atomic E-state index is 0.0166. The van der Waals surface area contributed by atoms with Crippen molar-refractivity contribution in [1.29, 1.82) is 0 Å². The van der Waals surface area contributed by atoms with Gasteiger partial charge in [-0.2, -0.15) is 0 Å². The lowest BCUT2D eigenvalue weighted by Crippen LogP contribution is -2.47. The Morgan fingerprint density at radius 2 is 1.90 bits per heavy atom. The molecule has 1 aromatic carbocycles. The van der Waals surface area contributed by atoms with Crippen LogP contribution in [0.5, 0.6) is 0 Å². The summed E-state index contributed by atoms with van der Waals surface area (Å²) in [7, 11) is 0. The van der Waals surface area contributed by atoms with E-state index in [0.29, 0.717) is 18.9 Å². The Bertz CT molecular complexity index is 716. The number of amides is 1.